The van der Waals surface area contributed by atoms with E-state index in [4.69, 9.17) is 58.0 Å². The molecular weight excluding hydrogens is 510 g/mol. The van der Waals surface area contributed by atoms with Crippen molar-refractivity contribution in [3.63, 3.8) is 0 Å². The second kappa shape index (κ2) is 8.21. The summed E-state index contributed by atoms with van der Waals surface area (Å²) in [5.74, 6) is 0. The van der Waals surface area contributed by atoms with Crippen LogP contribution in [0.5, 0.6) is 0 Å². The minimum Gasteiger partial charge on any atom is -0.313 e. The van der Waals surface area contributed by atoms with Gasteiger partial charge < -0.3 is 5.32 Å². The third kappa shape index (κ3) is 3.65. The van der Waals surface area contributed by atoms with Gasteiger partial charge in [0.1, 0.15) is 4.90 Å². The van der Waals surface area contributed by atoms with Crippen LogP contribution >= 0.6 is 58.0 Å². The van der Waals surface area contributed by atoms with Gasteiger partial charge in [-0.1, -0.05) is 58.0 Å². The van der Waals surface area contributed by atoms with Crippen molar-refractivity contribution >= 4 is 68.0 Å². The zero-order valence-electron chi connectivity index (χ0n) is 15.5. The molecule has 0 aliphatic heterocycles. The van der Waals surface area contributed by atoms with E-state index in [1.165, 1.54) is 16.1 Å². The molecule has 0 radical (unpaired) electrons. The van der Waals surface area contributed by atoms with Gasteiger partial charge in [0.2, 0.25) is 0 Å². The lowest BCUT2D eigenvalue weighted by atomic mass is 10.1. The molecule has 4 rings (SSSR count). The summed E-state index contributed by atoms with van der Waals surface area (Å²) in [4.78, 5) is -0.146. The van der Waals surface area contributed by atoms with Crippen molar-refractivity contribution in [1.82, 2.24) is 9.29 Å². The van der Waals surface area contributed by atoms with E-state index >= 15 is 0 Å². The van der Waals surface area contributed by atoms with Crippen molar-refractivity contribution in [3.8, 4) is 11.3 Å². The lowest BCUT2D eigenvalue weighted by Crippen LogP contribution is -2.16. The topological polar surface area (TPSA) is 51.1 Å². The summed E-state index contributed by atoms with van der Waals surface area (Å²) >= 11 is 31.0. The molecule has 30 heavy (non-hydrogen) atoms. The van der Waals surface area contributed by atoms with Crippen molar-refractivity contribution in [2.75, 3.05) is 7.05 Å². The number of nitrogens with zero attached hydrogens (tertiary/aromatic N) is 1. The first-order valence-electron chi connectivity index (χ1n) is 8.92. The van der Waals surface area contributed by atoms with Crippen LogP contribution < -0.4 is 5.32 Å². The third-order valence-electron chi connectivity index (χ3n) is 5.21. The molecule has 1 N–H and O–H groups in total. The number of rotatable bonds is 4. The van der Waals surface area contributed by atoms with Crippen LogP contribution in [0.4, 0.5) is 0 Å². The molecule has 1 atom stereocenters. The van der Waals surface area contributed by atoms with Crippen LogP contribution in [-0.4, -0.2) is 19.4 Å². The molecule has 0 bridgehead atoms. The number of nitrogens with one attached hydrogen (secondary N) is 1. The fourth-order valence-electron chi connectivity index (χ4n) is 3.80. The van der Waals surface area contributed by atoms with Gasteiger partial charge in [-0.3, -0.25) is 0 Å². The van der Waals surface area contributed by atoms with E-state index in [1.807, 2.05) is 7.05 Å². The highest BCUT2D eigenvalue weighted by Gasteiger charge is 2.34. The molecule has 10 heteroatoms. The zero-order chi connectivity index (χ0) is 21.8. The first-order chi connectivity index (χ1) is 14.1. The highest BCUT2D eigenvalue weighted by Crippen LogP contribution is 2.44. The summed E-state index contributed by atoms with van der Waals surface area (Å²) in [6.07, 6.45) is 3.15. The molecule has 1 heterocycles. The lowest BCUT2D eigenvalue weighted by molar-refractivity contribution is 0.579. The van der Waals surface area contributed by atoms with E-state index in [-0.39, 0.29) is 26.0 Å². The molecule has 0 amide bonds. The van der Waals surface area contributed by atoms with Crippen LogP contribution in [0.3, 0.4) is 0 Å². The van der Waals surface area contributed by atoms with E-state index in [0.717, 1.165) is 17.5 Å². The van der Waals surface area contributed by atoms with Crippen molar-refractivity contribution < 1.29 is 8.42 Å². The molecule has 2 aromatic carbocycles. The smallest absolute Gasteiger partial charge is 0.269 e. The van der Waals surface area contributed by atoms with Gasteiger partial charge in [0.05, 0.1) is 25.8 Å². The number of hydrogen-bond acceptors (Lipinski definition) is 3. The van der Waals surface area contributed by atoms with Crippen molar-refractivity contribution in [2.45, 2.75) is 23.8 Å². The van der Waals surface area contributed by atoms with Crippen LogP contribution in [0, 0.1) is 0 Å². The molecule has 0 saturated heterocycles. The van der Waals surface area contributed by atoms with Gasteiger partial charge in [-0.05, 0) is 61.3 Å². The summed E-state index contributed by atoms with van der Waals surface area (Å²) in [7, 11) is -2.27. The summed E-state index contributed by atoms with van der Waals surface area (Å²) in [6.45, 7) is 0. The average Bonchev–Trinajstić information content (AvgIpc) is 3.26. The monoisotopic (exact) mass is 522 g/mol. The van der Waals surface area contributed by atoms with E-state index in [1.54, 1.807) is 24.4 Å². The highest BCUT2D eigenvalue weighted by atomic mass is 35.5. The van der Waals surface area contributed by atoms with Crippen molar-refractivity contribution in [2.24, 2.45) is 0 Å². The third-order valence-corrected chi connectivity index (χ3v) is 8.62. The van der Waals surface area contributed by atoms with Crippen LogP contribution in [-0.2, 0) is 16.4 Å². The largest absolute Gasteiger partial charge is 0.313 e. The Hall–Kier alpha value is -0.920. The highest BCUT2D eigenvalue weighted by molar-refractivity contribution is 7.90. The Labute approximate surface area is 199 Å². The van der Waals surface area contributed by atoms with E-state index in [9.17, 15) is 8.42 Å². The molecule has 1 unspecified atom stereocenters. The lowest BCUT2D eigenvalue weighted by Gasteiger charge is -2.15. The fourth-order valence-corrected chi connectivity index (χ4v) is 6.57. The predicted molar refractivity (Wildman–Crippen MR) is 124 cm³/mol. The van der Waals surface area contributed by atoms with Gasteiger partial charge in [-0.2, -0.15) is 0 Å². The van der Waals surface area contributed by atoms with Gasteiger partial charge in [-0.25, -0.2) is 12.4 Å². The molecule has 0 fully saturated rings. The number of halogens is 5. The Morgan fingerprint density at radius 1 is 0.967 bits per heavy atom. The van der Waals surface area contributed by atoms with Crippen molar-refractivity contribution in [3.05, 3.63) is 72.8 Å². The fraction of sp³-hybridized carbons (Fsp3) is 0.200. The van der Waals surface area contributed by atoms with Gasteiger partial charge in [-0.15, -0.1) is 0 Å². The quantitative estimate of drug-likeness (QED) is 0.379. The van der Waals surface area contributed by atoms with Crippen LogP contribution in [0.1, 0.15) is 23.6 Å². The number of benzene rings is 2. The minimum atomic E-state index is -4.11. The Morgan fingerprint density at radius 2 is 1.67 bits per heavy atom. The second-order valence-electron chi connectivity index (χ2n) is 6.91. The minimum absolute atomic E-state index is 0.0217. The Bertz CT molecular complexity index is 1270. The van der Waals surface area contributed by atoms with Crippen LogP contribution in [0.2, 0.25) is 25.1 Å². The number of aromatic nitrogens is 1. The molecule has 1 aliphatic carbocycles. The Kier molecular flexibility index (Phi) is 6.10. The van der Waals surface area contributed by atoms with Crippen molar-refractivity contribution in [1.29, 1.82) is 0 Å². The van der Waals surface area contributed by atoms with E-state index in [0.29, 0.717) is 27.7 Å². The second-order valence-corrected chi connectivity index (χ2v) is 10.8. The summed E-state index contributed by atoms with van der Waals surface area (Å²) < 4.78 is 28.6. The standard InChI is InChI=1S/C20H15Cl5N2O2S/c1-26-18-5-3-11-13(18)9-27(20(11)12-6-10(21)2-4-14(12)22)30(28,29)19-8-16(24)15(23)7-17(19)25/h2,4,6-9,18,26H,3,5H2,1H3. The first-order valence-corrected chi connectivity index (χ1v) is 12.2. The summed E-state index contributed by atoms with van der Waals surface area (Å²) in [5.41, 5.74) is 2.79. The molecule has 158 valence electrons. The Morgan fingerprint density at radius 3 is 2.37 bits per heavy atom. The van der Waals surface area contributed by atoms with Gasteiger partial charge in [0, 0.05) is 22.8 Å². The maximum absolute atomic E-state index is 13.7. The SMILES string of the molecule is CNC1CCc2c1cn(S(=O)(=O)c1cc(Cl)c(Cl)cc1Cl)c2-c1cc(Cl)ccc1Cl. The normalized spacial score (nSPS) is 16.1. The molecule has 3 aromatic rings. The van der Waals surface area contributed by atoms with Crippen LogP contribution in [0.25, 0.3) is 11.3 Å². The van der Waals surface area contributed by atoms with E-state index in [2.05, 4.69) is 5.32 Å². The molecule has 4 nitrogen and oxygen atoms in total. The van der Waals surface area contributed by atoms with Gasteiger partial charge in [0.25, 0.3) is 10.0 Å². The maximum atomic E-state index is 13.7. The molecule has 0 saturated carbocycles. The first kappa shape index (κ1) is 22.3. The summed E-state index contributed by atoms with van der Waals surface area (Å²) in [5, 5.41) is 4.31. The molecular formula is C20H15Cl5N2O2S. The van der Waals surface area contributed by atoms with E-state index < -0.39 is 10.0 Å². The number of fused-ring (bicyclic) bond motifs is 1. The Balaban J connectivity index is 2.04. The maximum Gasteiger partial charge on any atom is 0.269 e. The van der Waals surface area contributed by atoms with Gasteiger partial charge in [0.15, 0.2) is 0 Å². The van der Waals surface area contributed by atoms with Crippen LogP contribution in [0.15, 0.2) is 41.4 Å². The molecule has 1 aliphatic rings. The average molecular weight is 525 g/mol. The molecule has 1 aromatic heterocycles. The predicted octanol–water partition coefficient (Wildman–Crippen LogP) is 6.87. The number of hydrogen-bond donors (Lipinski definition) is 1. The van der Waals surface area contributed by atoms with Gasteiger partial charge >= 0.3 is 0 Å². The summed E-state index contributed by atoms with van der Waals surface area (Å²) in [6, 6.07) is 7.56. The molecule has 0 spiro atoms. The zero-order valence-corrected chi connectivity index (χ0v) is 20.1.